The highest BCUT2D eigenvalue weighted by atomic mass is 35.5. The first-order valence-electron chi connectivity index (χ1n) is 7.95. The minimum Gasteiger partial charge on any atom is -0.452 e. The van der Waals surface area contributed by atoms with E-state index in [4.69, 9.17) is 16.3 Å². The predicted molar refractivity (Wildman–Crippen MR) is 98.6 cm³/mol. The highest BCUT2D eigenvalue weighted by Crippen LogP contribution is 2.21. The van der Waals surface area contributed by atoms with Gasteiger partial charge in [-0.1, -0.05) is 35.9 Å². The Morgan fingerprint density at radius 2 is 1.96 bits per heavy atom. The first-order chi connectivity index (χ1) is 13.5. The number of benzene rings is 2. The maximum absolute atomic E-state index is 13.7. The Labute approximate surface area is 163 Å². The third kappa shape index (κ3) is 4.00. The van der Waals surface area contributed by atoms with Gasteiger partial charge in [0.15, 0.2) is 12.4 Å². The second kappa shape index (κ2) is 8.33. The second-order valence-corrected chi connectivity index (χ2v) is 5.89. The molecule has 0 radical (unpaired) electrons. The number of amides is 1. The average Bonchev–Trinajstić information content (AvgIpc) is 3.09. The Balaban J connectivity index is 1.73. The van der Waals surface area contributed by atoms with E-state index in [1.165, 1.54) is 23.0 Å². The fraction of sp³-hybridized carbons (Fsp3) is 0.0526. The van der Waals surface area contributed by atoms with E-state index < -0.39 is 29.9 Å². The van der Waals surface area contributed by atoms with Crippen molar-refractivity contribution < 1.29 is 18.7 Å². The van der Waals surface area contributed by atoms with Crippen molar-refractivity contribution in [2.45, 2.75) is 0 Å². The summed E-state index contributed by atoms with van der Waals surface area (Å²) in [6.45, 7) is -0.700. The second-order valence-electron chi connectivity index (χ2n) is 5.49. The van der Waals surface area contributed by atoms with Gasteiger partial charge in [-0.2, -0.15) is 10.4 Å². The van der Waals surface area contributed by atoms with Crippen LogP contribution in [0.3, 0.4) is 0 Å². The van der Waals surface area contributed by atoms with Gasteiger partial charge in [0, 0.05) is 0 Å². The third-order valence-corrected chi connectivity index (χ3v) is 3.96. The molecule has 1 heterocycles. The van der Waals surface area contributed by atoms with E-state index in [0.29, 0.717) is 5.69 Å². The van der Waals surface area contributed by atoms with Gasteiger partial charge in [-0.05, 0) is 24.3 Å². The average molecular weight is 399 g/mol. The molecule has 9 heteroatoms. The van der Waals surface area contributed by atoms with Crippen molar-refractivity contribution in [2.24, 2.45) is 0 Å². The summed E-state index contributed by atoms with van der Waals surface area (Å²) >= 11 is 5.79. The fourth-order valence-electron chi connectivity index (χ4n) is 2.38. The third-order valence-electron chi connectivity index (χ3n) is 3.65. The van der Waals surface area contributed by atoms with Crippen molar-refractivity contribution in [3.63, 3.8) is 0 Å². The van der Waals surface area contributed by atoms with Crippen LogP contribution < -0.4 is 5.32 Å². The zero-order valence-corrected chi connectivity index (χ0v) is 15.0. The maximum Gasteiger partial charge on any atom is 0.343 e. The molecule has 0 saturated carbocycles. The molecule has 1 N–H and O–H groups in total. The van der Waals surface area contributed by atoms with Crippen LogP contribution in [0.1, 0.15) is 15.9 Å². The molecule has 28 heavy (non-hydrogen) atoms. The van der Waals surface area contributed by atoms with Gasteiger partial charge in [0.05, 0.1) is 16.9 Å². The van der Waals surface area contributed by atoms with Gasteiger partial charge in [0.1, 0.15) is 23.0 Å². The number of rotatable bonds is 5. The van der Waals surface area contributed by atoms with Gasteiger partial charge < -0.3 is 10.1 Å². The Morgan fingerprint density at radius 1 is 1.21 bits per heavy atom. The van der Waals surface area contributed by atoms with E-state index in [2.05, 4.69) is 10.4 Å². The van der Waals surface area contributed by atoms with Crippen molar-refractivity contribution in [3.05, 3.63) is 76.7 Å². The maximum atomic E-state index is 13.7. The molecule has 3 rings (SSSR count). The number of nitrogens with zero attached hydrogens (tertiary/aromatic N) is 3. The van der Waals surface area contributed by atoms with E-state index >= 15 is 0 Å². The monoisotopic (exact) mass is 398 g/mol. The van der Waals surface area contributed by atoms with Crippen LogP contribution in [0.4, 0.5) is 10.2 Å². The summed E-state index contributed by atoms with van der Waals surface area (Å²) in [4.78, 5) is 24.2. The van der Waals surface area contributed by atoms with Crippen LogP contribution in [-0.2, 0) is 9.53 Å². The summed E-state index contributed by atoms with van der Waals surface area (Å²) < 4.78 is 19.9. The molecule has 1 amide bonds. The van der Waals surface area contributed by atoms with E-state index in [-0.39, 0.29) is 16.4 Å². The molecule has 0 spiro atoms. The number of para-hydroxylation sites is 1. The number of halogens is 2. The number of carbonyl (C=O) groups is 2. The predicted octanol–water partition coefficient (Wildman–Crippen LogP) is 3.33. The molecule has 0 unspecified atom stereocenters. The summed E-state index contributed by atoms with van der Waals surface area (Å²) in [5.41, 5.74) is 0.291. The summed E-state index contributed by atoms with van der Waals surface area (Å²) in [5.74, 6) is -2.53. The lowest BCUT2D eigenvalue weighted by atomic mass is 10.2. The van der Waals surface area contributed by atoms with Crippen LogP contribution >= 0.6 is 11.6 Å². The zero-order valence-electron chi connectivity index (χ0n) is 14.2. The van der Waals surface area contributed by atoms with E-state index in [0.717, 1.165) is 6.07 Å². The van der Waals surface area contributed by atoms with Crippen LogP contribution in [0, 0.1) is 17.1 Å². The molecule has 7 nitrogen and oxygen atoms in total. The van der Waals surface area contributed by atoms with Crippen LogP contribution in [-0.4, -0.2) is 28.3 Å². The number of aromatic nitrogens is 2. The van der Waals surface area contributed by atoms with E-state index in [9.17, 15) is 19.2 Å². The minimum atomic E-state index is -1.07. The first-order valence-corrected chi connectivity index (χ1v) is 8.33. The lowest BCUT2D eigenvalue weighted by Crippen LogP contribution is -2.23. The molecule has 0 aliphatic rings. The molecule has 0 saturated heterocycles. The molecule has 0 aliphatic heterocycles. The molecule has 2 aromatic carbocycles. The number of nitriles is 1. The van der Waals surface area contributed by atoms with Gasteiger partial charge >= 0.3 is 5.97 Å². The molecule has 0 bridgehead atoms. The van der Waals surface area contributed by atoms with Gasteiger partial charge in [-0.25, -0.2) is 13.9 Å². The summed E-state index contributed by atoms with van der Waals surface area (Å²) in [7, 11) is 0. The molecular weight excluding hydrogens is 387 g/mol. The van der Waals surface area contributed by atoms with E-state index in [1.54, 1.807) is 24.3 Å². The summed E-state index contributed by atoms with van der Waals surface area (Å²) in [6.07, 6.45) is 1.30. The minimum absolute atomic E-state index is 0.124. The number of hydrogen-bond acceptors (Lipinski definition) is 5. The van der Waals surface area contributed by atoms with Gasteiger partial charge in [0.25, 0.3) is 5.91 Å². The van der Waals surface area contributed by atoms with Crippen molar-refractivity contribution >= 4 is 29.3 Å². The lowest BCUT2D eigenvalue weighted by molar-refractivity contribution is -0.119. The topological polar surface area (TPSA) is 97.0 Å². The smallest absolute Gasteiger partial charge is 0.343 e. The molecular formula is C19H12ClFN4O3. The van der Waals surface area contributed by atoms with Gasteiger partial charge in [0.2, 0.25) is 0 Å². The Bertz CT molecular complexity index is 1060. The van der Waals surface area contributed by atoms with E-state index in [1.807, 2.05) is 12.1 Å². The van der Waals surface area contributed by atoms with Crippen LogP contribution in [0.15, 0.2) is 54.7 Å². The number of hydrogen-bond donors (Lipinski definition) is 1. The fourth-order valence-corrected chi connectivity index (χ4v) is 2.62. The van der Waals surface area contributed by atoms with Crippen LogP contribution in [0.25, 0.3) is 5.69 Å². The molecule has 1 aromatic heterocycles. The Morgan fingerprint density at radius 3 is 2.64 bits per heavy atom. The number of esters is 1. The van der Waals surface area contributed by atoms with Gasteiger partial charge in [-0.15, -0.1) is 0 Å². The number of nitrogens with one attached hydrogen (secondary N) is 1. The molecule has 3 aromatic rings. The Kier molecular flexibility index (Phi) is 5.67. The molecule has 140 valence electrons. The van der Waals surface area contributed by atoms with Crippen LogP contribution in [0.2, 0.25) is 5.02 Å². The summed E-state index contributed by atoms with van der Waals surface area (Å²) in [6, 6.07) is 14.5. The zero-order chi connectivity index (χ0) is 20.1. The molecule has 0 atom stereocenters. The van der Waals surface area contributed by atoms with Crippen molar-refractivity contribution in [2.75, 3.05) is 11.9 Å². The quantitative estimate of drug-likeness (QED) is 0.665. The first kappa shape index (κ1) is 19.1. The normalized spacial score (nSPS) is 10.2. The van der Waals surface area contributed by atoms with Gasteiger partial charge in [-0.3, -0.25) is 4.79 Å². The summed E-state index contributed by atoms with van der Waals surface area (Å²) in [5, 5.41) is 15.7. The Hall–Kier alpha value is -3.70. The van der Waals surface area contributed by atoms with Crippen molar-refractivity contribution in [1.82, 2.24) is 9.78 Å². The van der Waals surface area contributed by atoms with Crippen molar-refractivity contribution in [3.8, 4) is 11.8 Å². The highest BCUT2D eigenvalue weighted by molar-refractivity contribution is 6.33. The lowest BCUT2D eigenvalue weighted by Gasteiger charge is -2.10. The highest BCUT2D eigenvalue weighted by Gasteiger charge is 2.20. The number of ether oxygens (including phenoxy) is 1. The largest absolute Gasteiger partial charge is 0.452 e. The van der Waals surface area contributed by atoms with Crippen molar-refractivity contribution in [1.29, 1.82) is 5.26 Å². The number of carbonyl (C=O) groups excluding carboxylic acids is 2. The molecule has 0 aliphatic carbocycles. The molecule has 0 fully saturated rings. The van der Waals surface area contributed by atoms with Crippen LogP contribution in [0.5, 0.6) is 0 Å². The standard InChI is InChI=1S/C19H12ClFN4O3/c20-14-7-4-8-15(21)17(14)19(27)28-11-16(26)24-18-12(9-22)10-23-25(18)13-5-2-1-3-6-13/h1-8,10H,11H2,(H,24,26). The SMILES string of the molecule is N#Cc1cnn(-c2ccccc2)c1NC(=O)COC(=O)c1c(F)cccc1Cl. The number of anilines is 1.